The van der Waals surface area contributed by atoms with Gasteiger partial charge in [-0.25, -0.2) is 4.68 Å². The number of pyridine rings is 1. The van der Waals surface area contributed by atoms with E-state index in [4.69, 9.17) is 4.74 Å². The van der Waals surface area contributed by atoms with Crippen LogP contribution in [0.3, 0.4) is 0 Å². The lowest BCUT2D eigenvalue weighted by molar-refractivity contribution is -0.144. The third kappa shape index (κ3) is 6.31. The molecule has 1 atom stereocenters. The molecule has 0 aliphatic carbocycles. The quantitative estimate of drug-likeness (QED) is 0.345. The predicted octanol–water partition coefficient (Wildman–Crippen LogP) is 2.13. The van der Waals surface area contributed by atoms with Gasteiger partial charge < -0.3 is 15.0 Å². The van der Waals surface area contributed by atoms with E-state index in [2.05, 4.69) is 35.7 Å². The summed E-state index contributed by atoms with van der Waals surface area (Å²) in [6, 6.07) is 18.8. The minimum absolute atomic E-state index is 0.0549. The number of aromatic nitrogens is 6. The van der Waals surface area contributed by atoms with E-state index >= 15 is 0 Å². The lowest BCUT2D eigenvalue weighted by atomic mass is 10.2. The second-order valence-electron chi connectivity index (χ2n) is 8.68. The van der Waals surface area contributed by atoms with E-state index in [0.717, 1.165) is 30.0 Å². The first-order chi connectivity index (χ1) is 18.1. The summed E-state index contributed by atoms with van der Waals surface area (Å²) in [4.78, 5) is 30.9. The van der Waals surface area contributed by atoms with Crippen molar-refractivity contribution in [3.63, 3.8) is 0 Å². The summed E-state index contributed by atoms with van der Waals surface area (Å²) < 4.78 is 7.04. The molecule has 1 fully saturated rings. The molecule has 1 aromatic carbocycles. The average Bonchev–Trinajstić information content (AvgIpc) is 3.63. The van der Waals surface area contributed by atoms with Gasteiger partial charge in [0, 0.05) is 19.3 Å². The van der Waals surface area contributed by atoms with Gasteiger partial charge in [0.25, 0.3) is 5.91 Å². The van der Waals surface area contributed by atoms with Crippen LogP contribution < -0.4 is 10.2 Å². The third-order valence-electron chi connectivity index (χ3n) is 6.03. The maximum absolute atomic E-state index is 12.4. The molecule has 188 valence electrons. The molecule has 3 aromatic heterocycles. The number of carbonyl (C=O) groups is 2. The van der Waals surface area contributed by atoms with Crippen LogP contribution in [0.2, 0.25) is 0 Å². The van der Waals surface area contributed by atoms with Gasteiger partial charge in [0.2, 0.25) is 0 Å². The molecular formula is C26H26N8O3. The van der Waals surface area contributed by atoms with Gasteiger partial charge in [0.05, 0.1) is 36.6 Å². The smallest absolute Gasteiger partial charge is 0.312 e. The monoisotopic (exact) mass is 498 g/mol. The molecule has 0 spiro atoms. The van der Waals surface area contributed by atoms with Crippen LogP contribution in [0.1, 0.15) is 39.9 Å². The van der Waals surface area contributed by atoms with Crippen molar-refractivity contribution in [2.75, 3.05) is 18.0 Å². The summed E-state index contributed by atoms with van der Waals surface area (Å²) >= 11 is 0. The number of ether oxygens (including phenoxy) is 1. The van der Waals surface area contributed by atoms with E-state index in [0.29, 0.717) is 18.8 Å². The molecular weight excluding hydrogens is 472 g/mol. The zero-order chi connectivity index (χ0) is 25.5. The minimum atomic E-state index is -0.349. The van der Waals surface area contributed by atoms with Crippen molar-refractivity contribution in [2.24, 2.45) is 0 Å². The zero-order valence-electron chi connectivity index (χ0n) is 20.1. The van der Waals surface area contributed by atoms with Crippen molar-refractivity contribution in [2.45, 2.75) is 32.0 Å². The Morgan fingerprint density at radius 2 is 1.84 bits per heavy atom. The van der Waals surface area contributed by atoms with Gasteiger partial charge in [0.1, 0.15) is 6.61 Å². The zero-order valence-corrected chi connectivity index (χ0v) is 20.1. The molecule has 0 radical (unpaired) electrons. The topological polar surface area (TPSA) is 128 Å². The first-order valence-corrected chi connectivity index (χ1v) is 12.0. The number of nitrogens with zero attached hydrogens (tertiary/aromatic N) is 7. The van der Waals surface area contributed by atoms with Crippen molar-refractivity contribution in [1.29, 1.82) is 0 Å². The van der Waals surface area contributed by atoms with Crippen LogP contribution >= 0.6 is 0 Å². The molecule has 37 heavy (non-hydrogen) atoms. The lowest BCUT2D eigenvalue weighted by Gasteiger charge is -2.16. The molecule has 1 N–H and O–H groups in total. The van der Waals surface area contributed by atoms with Gasteiger partial charge in [-0.3, -0.25) is 14.6 Å². The van der Waals surface area contributed by atoms with E-state index in [1.165, 1.54) is 0 Å². The van der Waals surface area contributed by atoms with Crippen LogP contribution in [0.15, 0.2) is 73.1 Å². The van der Waals surface area contributed by atoms with Gasteiger partial charge in [-0.1, -0.05) is 41.6 Å². The highest BCUT2D eigenvalue weighted by atomic mass is 16.5. The number of amides is 1. The predicted molar refractivity (Wildman–Crippen MR) is 133 cm³/mol. The normalized spacial score (nSPS) is 14.9. The van der Waals surface area contributed by atoms with E-state index in [-0.39, 0.29) is 36.6 Å². The van der Waals surface area contributed by atoms with E-state index in [1.54, 1.807) is 23.1 Å². The molecule has 1 saturated heterocycles. The number of esters is 1. The first-order valence-electron chi connectivity index (χ1n) is 12.0. The Hall–Kier alpha value is -4.67. The highest BCUT2D eigenvalue weighted by Crippen LogP contribution is 2.25. The first kappa shape index (κ1) is 24.0. The highest BCUT2D eigenvalue weighted by molar-refractivity contribution is 5.91. The van der Waals surface area contributed by atoms with Crippen molar-refractivity contribution in [3.05, 3.63) is 95.7 Å². The van der Waals surface area contributed by atoms with Gasteiger partial charge in [-0.15, -0.1) is 10.2 Å². The fourth-order valence-electron chi connectivity index (χ4n) is 4.04. The third-order valence-corrected chi connectivity index (χ3v) is 6.03. The van der Waals surface area contributed by atoms with Crippen LogP contribution in [0.4, 0.5) is 5.82 Å². The Bertz CT molecular complexity index is 1330. The number of nitrogens with one attached hydrogen (secondary N) is 1. The second kappa shape index (κ2) is 11.4. The van der Waals surface area contributed by atoms with Gasteiger partial charge in [-0.2, -0.15) is 5.10 Å². The minimum Gasteiger partial charge on any atom is -0.461 e. The van der Waals surface area contributed by atoms with Gasteiger partial charge in [0.15, 0.2) is 11.5 Å². The molecule has 5 rings (SSSR count). The Kier molecular flexibility index (Phi) is 7.39. The number of carbonyl (C=O) groups excluding carboxylic acids is 2. The van der Waals surface area contributed by atoms with Crippen molar-refractivity contribution >= 4 is 17.7 Å². The van der Waals surface area contributed by atoms with Crippen LogP contribution in [-0.4, -0.2) is 55.1 Å². The fraction of sp³-hybridized carbons (Fsp3) is 0.269. The van der Waals surface area contributed by atoms with Crippen molar-refractivity contribution in [3.8, 4) is 0 Å². The van der Waals surface area contributed by atoms with Gasteiger partial charge in [-0.05, 0) is 36.2 Å². The molecule has 0 saturated carbocycles. The number of anilines is 1. The molecule has 4 aromatic rings. The second-order valence-corrected chi connectivity index (χ2v) is 8.68. The molecule has 1 amide bonds. The van der Waals surface area contributed by atoms with Crippen molar-refractivity contribution in [1.82, 2.24) is 35.5 Å². The molecule has 4 heterocycles. The summed E-state index contributed by atoms with van der Waals surface area (Å²) in [5, 5.41) is 19.5. The maximum atomic E-state index is 12.4. The molecule has 11 heteroatoms. The summed E-state index contributed by atoms with van der Waals surface area (Å²) in [7, 11) is 0. The summed E-state index contributed by atoms with van der Waals surface area (Å²) in [6.45, 7) is 1.98. The molecule has 1 aliphatic heterocycles. The summed E-state index contributed by atoms with van der Waals surface area (Å²) in [5.41, 5.74) is 2.52. The maximum Gasteiger partial charge on any atom is 0.312 e. The summed E-state index contributed by atoms with van der Waals surface area (Å²) in [6.07, 6.45) is 4.24. The van der Waals surface area contributed by atoms with Crippen LogP contribution in [0, 0.1) is 0 Å². The Morgan fingerprint density at radius 3 is 2.62 bits per heavy atom. The molecule has 1 unspecified atom stereocenters. The summed E-state index contributed by atoms with van der Waals surface area (Å²) in [5.74, 6) is 0.0750. The van der Waals surface area contributed by atoms with E-state index < -0.39 is 0 Å². The fourth-order valence-corrected chi connectivity index (χ4v) is 4.04. The number of benzene rings is 1. The number of rotatable bonds is 9. The Labute approximate surface area is 213 Å². The van der Waals surface area contributed by atoms with Crippen molar-refractivity contribution < 1.29 is 14.3 Å². The Balaban J connectivity index is 1.10. The van der Waals surface area contributed by atoms with Gasteiger partial charge >= 0.3 is 5.97 Å². The number of hydrogen-bond donors (Lipinski definition) is 1. The Morgan fingerprint density at radius 1 is 0.973 bits per heavy atom. The number of hydrogen-bond acceptors (Lipinski definition) is 9. The standard InChI is InChI=1S/C26H26N8O3/c35-25(37-18-19-6-2-1-3-7-19)14-20-9-10-24(31-29-20)33-13-11-22(16-33)34-17-23(30-32-34)26(36)28-15-21-8-4-5-12-27-21/h1-10,12,17,22H,11,13-16,18H2,(H,28,36). The highest BCUT2D eigenvalue weighted by Gasteiger charge is 2.27. The van der Waals surface area contributed by atoms with E-state index in [9.17, 15) is 9.59 Å². The molecule has 0 bridgehead atoms. The lowest BCUT2D eigenvalue weighted by Crippen LogP contribution is -2.24. The van der Waals surface area contributed by atoms with Crippen LogP contribution in [0.5, 0.6) is 0 Å². The largest absolute Gasteiger partial charge is 0.461 e. The SMILES string of the molecule is O=C(Cc1ccc(N2CCC(n3cc(C(=O)NCc4ccccn4)nn3)C2)nn1)OCc1ccccc1. The van der Waals surface area contributed by atoms with Crippen LogP contribution in [-0.2, 0) is 29.1 Å². The van der Waals surface area contributed by atoms with Crippen LogP contribution in [0.25, 0.3) is 0 Å². The average molecular weight is 499 g/mol. The molecule has 11 nitrogen and oxygen atoms in total. The van der Waals surface area contributed by atoms with E-state index in [1.807, 2.05) is 54.6 Å². The molecule has 1 aliphatic rings.